The molecule has 2 aromatic carbocycles. The van der Waals surface area contributed by atoms with Crippen molar-refractivity contribution >= 4 is 17.9 Å². The van der Waals surface area contributed by atoms with Gasteiger partial charge in [-0.2, -0.15) is 0 Å². The van der Waals surface area contributed by atoms with Gasteiger partial charge in [-0.25, -0.2) is 9.79 Å². The van der Waals surface area contributed by atoms with Crippen LogP contribution in [0.3, 0.4) is 0 Å². The molecule has 4 nitrogen and oxygen atoms in total. The maximum absolute atomic E-state index is 12.1. The van der Waals surface area contributed by atoms with E-state index < -0.39 is 5.97 Å². The van der Waals surface area contributed by atoms with Crippen molar-refractivity contribution in [1.29, 1.82) is 0 Å². The van der Waals surface area contributed by atoms with E-state index in [-0.39, 0.29) is 11.6 Å². The number of para-hydroxylation sites is 1. The standard InChI is InChI=1S/C19H17NO3/c1-3-22-17-10-5-4-9-15(17)18-20-16(19(21)23-18)12-14-8-6-7-13(2)11-14/h4-12H,3H2,1-2H3/b16-12-. The van der Waals surface area contributed by atoms with Crippen molar-refractivity contribution in [2.24, 2.45) is 4.99 Å². The van der Waals surface area contributed by atoms with Gasteiger partial charge in [0.1, 0.15) is 5.75 Å². The molecule has 0 amide bonds. The lowest BCUT2D eigenvalue weighted by Crippen LogP contribution is -2.07. The smallest absolute Gasteiger partial charge is 0.363 e. The minimum atomic E-state index is -0.451. The molecule has 0 N–H and O–H groups in total. The van der Waals surface area contributed by atoms with Crippen LogP contribution in [0.15, 0.2) is 59.2 Å². The Labute approximate surface area is 135 Å². The van der Waals surface area contributed by atoms with E-state index >= 15 is 0 Å². The number of benzene rings is 2. The van der Waals surface area contributed by atoms with Crippen LogP contribution in [0.1, 0.15) is 23.6 Å². The molecule has 4 heteroatoms. The van der Waals surface area contributed by atoms with Crippen molar-refractivity contribution in [3.05, 3.63) is 70.9 Å². The second-order valence-electron chi connectivity index (χ2n) is 5.18. The monoisotopic (exact) mass is 307 g/mol. The molecule has 3 rings (SSSR count). The summed E-state index contributed by atoms with van der Waals surface area (Å²) >= 11 is 0. The van der Waals surface area contributed by atoms with Crippen LogP contribution >= 0.6 is 0 Å². The highest BCUT2D eigenvalue weighted by atomic mass is 16.6. The fraction of sp³-hybridized carbons (Fsp3) is 0.158. The third-order valence-corrected chi connectivity index (χ3v) is 3.38. The molecular weight excluding hydrogens is 290 g/mol. The first-order valence-corrected chi connectivity index (χ1v) is 7.49. The number of aliphatic imine (C=N–C) groups is 1. The normalized spacial score (nSPS) is 15.5. The minimum absolute atomic E-state index is 0.276. The molecule has 0 unspecified atom stereocenters. The molecule has 1 aliphatic rings. The number of hydrogen-bond donors (Lipinski definition) is 0. The van der Waals surface area contributed by atoms with Crippen molar-refractivity contribution in [3.8, 4) is 5.75 Å². The van der Waals surface area contributed by atoms with Gasteiger partial charge in [-0.15, -0.1) is 0 Å². The SMILES string of the molecule is CCOc1ccccc1C1=N/C(=C\c2cccc(C)c2)C(=O)O1. The number of cyclic esters (lactones) is 1. The van der Waals surface area contributed by atoms with Crippen molar-refractivity contribution in [2.45, 2.75) is 13.8 Å². The highest BCUT2D eigenvalue weighted by Crippen LogP contribution is 2.25. The summed E-state index contributed by atoms with van der Waals surface area (Å²) in [5.41, 5.74) is 3.00. The zero-order valence-electron chi connectivity index (χ0n) is 13.1. The molecule has 116 valence electrons. The van der Waals surface area contributed by atoms with E-state index in [0.29, 0.717) is 17.9 Å². The van der Waals surface area contributed by atoms with Crippen LogP contribution in [0, 0.1) is 6.92 Å². The Balaban J connectivity index is 1.96. The number of hydrogen-bond acceptors (Lipinski definition) is 4. The van der Waals surface area contributed by atoms with E-state index in [1.165, 1.54) is 0 Å². The minimum Gasteiger partial charge on any atom is -0.493 e. The molecule has 0 radical (unpaired) electrons. The highest BCUT2D eigenvalue weighted by molar-refractivity contribution is 6.13. The van der Waals surface area contributed by atoms with Crippen molar-refractivity contribution < 1.29 is 14.3 Å². The zero-order valence-corrected chi connectivity index (χ0v) is 13.1. The van der Waals surface area contributed by atoms with Gasteiger partial charge >= 0.3 is 5.97 Å². The molecule has 23 heavy (non-hydrogen) atoms. The van der Waals surface area contributed by atoms with E-state index in [2.05, 4.69) is 4.99 Å². The van der Waals surface area contributed by atoms with Crippen LogP contribution in [-0.4, -0.2) is 18.5 Å². The fourth-order valence-corrected chi connectivity index (χ4v) is 2.37. The van der Waals surface area contributed by atoms with Crippen LogP contribution in [-0.2, 0) is 9.53 Å². The molecule has 2 aromatic rings. The van der Waals surface area contributed by atoms with Crippen LogP contribution in [0.5, 0.6) is 5.75 Å². The van der Waals surface area contributed by atoms with E-state index in [4.69, 9.17) is 9.47 Å². The van der Waals surface area contributed by atoms with Gasteiger partial charge in [-0.05, 0) is 37.6 Å². The molecule has 0 fully saturated rings. The first kappa shape index (κ1) is 15.0. The number of carbonyl (C=O) groups excluding carboxylic acids is 1. The molecule has 1 aliphatic heterocycles. The third kappa shape index (κ3) is 3.31. The summed E-state index contributed by atoms with van der Waals surface area (Å²) in [5.74, 6) is 0.476. The summed E-state index contributed by atoms with van der Waals surface area (Å²) in [6.07, 6.45) is 1.73. The van der Waals surface area contributed by atoms with Crippen LogP contribution in [0.2, 0.25) is 0 Å². The van der Waals surface area contributed by atoms with E-state index in [9.17, 15) is 4.79 Å². The molecular formula is C19H17NO3. The number of rotatable bonds is 4. The van der Waals surface area contributed by atoms with Gasteiger partial charge in [0.05, 0.1) is 12.2 Å². The Hall–Kier alpha value is -2.88. The summed E-state index contributed by atoms with van der Waals surface area (Å²) in [4.78, 5) is 16.4. The lowest BCUT2D eigenvalue weighted by atomic mass is 10.1. The first-order valence-electron chi connectivity index (χ1n) is 7.49. The summed E-state index contributed by atoms with van der Waals surface area (Å²) in [6.45, 7) is 4.44. The van der Waals surface area contributed by atoms with Gasteiger partial charge in [-0.3, -0.25) is 0 Å². The molecule has 0 aliphatic carbocycles. The number of ether oxygens (including phenoxy) is 2. The second-order valence-corrected chi connectivity index (χ2v) is 5.18. The fourth-order valence-electron chi connectivity index (χ4n) is 2.37. The summed E-state index contributed by atoms with van der Waals surface area (Å²) in [5, 5.41) is 0. The van der Waals surface area contributed by atoms with Gasteiger partial charge in [0.15, 0.2) is 5.70 Å². The molecule has 0 atom stereocenters. The van der Waals surface area contributed by atoms with Gasteiger partial charge in [0.25, 0.3) is 0 Å². The summed E-state index contributed by atoms with van der Waals surface area (Å²) < 4.78 is 10.9. The first-order chi connectivity index (χ1) is 11.2. The predicted molar refractivity (Wildman–Crippen MR) is 89.4 cm³/mol. The Morgan fingerprint density at radius 3 is 2.78 bits per heavy atom. The van der Waals surface area contributed by atoms with Gasteiger partial charge in [-0.1, -0.05) is 42.0 Å². The Bertz CT molecular complexity index is 806. The van der Waals surface area contributed by atoms with E-state index in [0.717, 1.165) is 11.1 Å². The lowest BCUT2D eigenvalue weighted by Gasteiger charge is -2.08. The lowest BCUT2D eigenvalue weighted by molar-refractivity contribution is -0.129. The quantitative estimate of drug-likeness (QED) is 0.638. The molecule has 0 bridgehead atoms. The number of aryl methyl sites for hydroxylation is 1. The van der Waals surface area contributed by atoms with Crippen LogP contribution < -0.4 is 4.74 Å². The molecule has 0 saturated carbocycles. The summed E-state index contributed by atoms with van der Waals surface area (Å²) in [7, 11) is 0. The number of nitrogens with zero attached hydrogens (tertiary/aromatic N) is 1. The summed E-state index contributed by atoms with van der Waals surface area (Å²) in [6, 6.07) is 15.2. The Morgan fingerprint density at radius 2 is 2.00 bits per heavy atom. The third-order valence-electron chi connectivity index (χ3n) is 3.38. The highest BCUT2D eigenvalue weighted by Gasteiger charge is 2.26. The van der Waals surface area contributed by atoms with Gasteiger partial charge in [0.2, 0.25) is 5.90 Å². The predicted octanol–water partition coefficient (Wildman–Crippen LogP) is 3.74. The van der Waals surface area contributed by atoms with E-state index in [1.54, 1.807) is 6.08 Å². The van der Waals surface area contributed by atoms with Crippen LogP contribution in [0.25, 0.3) is 6.08 Å². The number of esters is 1. The maximum atomic E-state index is 12.1. The second kappa shape index (κ2) is 6.48. The topological polar surface area (TPSA) is 47.9 Å². The van der Waals surface area contributed by atoms with Gasteiger partial charge in [0, 0.05) is 0 Å². The molecule has 0 aromatic heterocycles. The van der Waals surface area contributed by atoms with Crippen molar-refractivity contribution in [2.75, 3.05) is 6.61 Å². The average molecular weight is 307 g/mol. The Morgan fingerprint density at radius 1 is 1.17 bits per heavy atom. The Kier molecular flexibility index (Phi) is 4.24. The van der Waals surface area contributed by atoms with Gasteiger partial charge < -0.3 is 9.47 Å². The van der Waals surface area contributed by atoms with Crippen LogP contribution in [0.4, 0.5) is 0 Å². The number of carbonyl (C=O) groups is 1. The zero-order chi connectivity index (χ0) is 16.2. The van der Waals surface area contributed by atoms with Crippen molar-refractivity contribution in [3.63, 3.8) is 0 Å². The van der Waals surface area contributed by atoms with E-state index in [1.807, 2.05) is 62.4 Å². The largest absolute Gasteiger partial charge is 0.493 e. The molecule has 1 heterocycles. The average Bonchev–Trinajstić information content (AvgIpc) is 2.89. The molecule has 0 saturated heterocycles. The van der Waals surface area contributed by atoms with Crippen molar-refractivity contribution in [1.82, 2.24) is 0 Å². The maximum Gasteiger partial charge on any atom is 0.363 e. The molecule has 0 spiro atoms.